The summed E-state index contributed by atoms with van der Waals surface area (Å²) in [5.74, 6) is 0.426. The minimum absolute atomic E-state index is 0.141. The minimum Gasteiger partial charge on any atom is -0.389 e. The maximum atomic E-state index is 11.3. The minimum atomic E-state index is -0.489. The number of amides is 1. The van der Waals surface area contributed by atoms with Crippen molar-refractivity contribution >= 4 is 5.91 Å². The molecule has 3 N–H and O–H groups in total. The number of nitrogens with one attached hydrogen (secondary N) is 2. The fourth-order valence-corrected chi connectivity index (χ4v) is 1.40. The second kappa shape index (κ2) is 7.63. The van der Waals surface area contributed by atoms with Crippen molar-refractivity contribution in [2.75, 3.05) is 26.2 Å². The zero-order valence-electron chi connectivity index (χ0n) is 10.7. The van der Waals surface area contributed by atoms with Gasteiger partial charge < -0.3 is 20.5 Å². The SMILES string of the molecule is CC(C)OCC(O)CNCCNC(=O)C1CC1. The Labute approximate surface area is 103 Å². The molecular weight excluding hydrogens is 220 g/mol. The van der Waals surface area contributed by atoms with Gasteiger partial charge in [0.05, 0.1) is 18.8 Å². The van der Waals surface area contributed by atoms with E-state index in [1.807, 2.05) is 13.8 Å². The molecule has 5 heteroatoms. The normalized spacial score (nSPS) is 17.2. The van der Waals surface area contributed by atoms with Crippen molar-refractivity contribution in [2.45, 2.75) is 38.9 Å². The van der Waals surface area contributed by atoms with E-state index in [-0.39, 0.29) is 17.9 Å². The van der Waals surface area contributed by atoms with Gasteiger partial charge in [0.2, 0.25) is 5.91 Å². The van der Waals surface area contributed by atoms with Crippen LogP contribution >= 0.6 is 0 Å². The summed E-state index contributed by atoms with van der Waals surface area (Å²) >= 11 is 0. The van der Waals surface area contributed by atoms with Gasteiger partial charge >= 0.3 is 0 Å². The summed E-state index contributed by atoms with van der Waals surface area (Å²) in [6.07, 6.45) is 1.72. The van der Waals surface area contributed by atoms with E-state index < -0.39 is 6.10 Å². The van der Waals surface area contributed by atoms with Crippen molar-refractivity contribution in [3.8, 4) is 0 Å². The highest BCUT2D eigenvalue weighted by Crippen LogP contribution is 2.28. The highest BCUT2D eigenvalue weighted by atomic mass is 16.5. The lowest BCUT2D eigenvalue weighted by Crippen LogP contribution is -2.37. The first-order chi connectivity index (χ1) is 8.09. The number of ether oxygens (including phenoxy) is 1. The van der Waals surface area contributed by atoms with E-state index in [2.05, 4.69) is 10.6 Å². The Morgan fingerprint density at radius 2 is 2.12 bits per heavy atom. The molecule has 0 spiro atoms. The topological polar surface area (TPSA) is 70.6 Å². The van der Waals surface area contributed by atoms with Crippen LogP contribution in [0.2, 0.25) is 0 Å². The van der Waals surface area contributed by atoms with Gasteiger partial charge in [0.15, 0.2) is 0 Å². The van der Waals surface area contributed by atoms with Crippen LogP contribution in [0.15, 0.2) is 0 Å². The number of carbonyl (C=O) groups excluding carboxylic acids is 1. The van der Waals surface area contributed by atoms with Gasteiger partial charge in [0.25, 0.3) is 0 Å². The molecule has 0 bridgehead atoms. The summed E-state index contributed by atoms with van der Waals surface area (Å²) in [5.41, 5.74) is 0. The van der Waals surface area contributed by atoms with Crippen LogP contribution in [0, 0.1) is 5.92 Å². The highest BCUT2D eigenvalue weighted by Gasteiger charge is 2.28. The maximum absolute atomic E-state index is 11.3. The Bertz CT molecular complexity index is 230. The van der Waals surface area contributed by atoms with Crippen LogP contribution in [0.3, 0.4) is 0 Å². The van der Waals surface area contributed by atoms with Crippen LogP contribution in [0.5, 0.6) is 0 Å². The summed E-state index contributed by atoms with van der Waals surface area (Å²) in [7, 11) is 0. The monoisotopic (exact) mass is 244 g/mol. The van der Waals surface area contributed by atoms with E-state index in [1.54, 1.807) is 0 Å². The zero-order chi connectivity index (χ0) is 12.7. The molecule has 1 unspecified atom stereocenters. The standard InChI is InChI=1S/C12H24N2O3/c1-9(2)17-8-11(15)7-13-5-6-14-12(16)10-3-4-10/h9-11,13,15H,3-8H2,1-2H3,(H,14,16). The number of aliphatic hydroxyl groups is 1. The average molecular weight is 244 g/mol. The van der Waals surface area contributed by atoms with E-state index in [0.717, 1.165) is 12.8 Å². The van der Waals surface area contributed by atoms with E-state index in [0.29, 0.717) is 26.2 Å². The lowest BCUT2D eigenvalue weighted by atomic mass is 10.3. The summed E-state index contributed by atoms with van der Waals surface area (Å²) in [6.45, 7) is 6.01. The predicted molar refractivity (Wildman–Crippen MR) is 65.7 cm³/mol. The third-order valence-electron chi connectivity index (χ3n) is 2.55. The van der Waals surface area contributed by atoms with Crippen LogP contribution < -0.4 is 10.6 Å². The van der Waals surface area contributed by atoms with Crippen molar-refractivity contribution < 1.29 is 14.6 Å². The molecule has 0 aromatic rings. The van der Waals surface area contributed by atoms with Crippen molar-refractivity contribution in [2.24, 2.45) is 5.92 Å². The van der Waals surface area contributed by atoms with Gasteiger partial charge in [0, 0.05) is 25.6 Å². The van der Waals surface area contributed by atoms with E-state index in [9.17, 15) is 9.90 Å². The molecule has 1 aliphatic rings. The predicted octanol–water partition coefficient (Wildman–Crippen LogP) is -0.112. The number of hydrogen-bond acceptors (Lipinski definition) is 4. The number of rotatable bonds is 9. The largest absolute Gasteiger partial charge is 0.389 e. The van der Waals surface area contributed by atoms with Gasteiger partial charge in [-0.15, -0.1) is 0 Å². The Balaban J connectivity index is 1.87. The van der Waals surface area contributed by atoms with Crippen molar-refractivity contribution in [1.82, 2.24) is 10.6 Å². The molecule has 1 saturated carbocycles. The van der Waals surface area contributed by atoms with E-state index in [1.165, 1.54) is 0 Å². The molecule has 0 aliphatic heterocycles. The Morgan fingerprint density at radius 3 is 2.71 bits per heavy atom. The second-order valence-corrected chi connectivity index (χ2v) is 4.81. The van der Waals surface area contributed by atoms with E-state index >= 15 is 0 Å². The lowest BCUT2D eigenvalue weighted by molar-refractivity contribution is -0.122. The molecule has 0 radical (unpaired) electrons. The molecule has 100 valence electrons. The summed E-state index contributed by atoms with van der Waals surface area (Å²) < 4.78 is 5.28. The summed E-state index contributed by atoms with van der Waals surface area (Å²) in [6, 6.07) is 0. The van der Waals surface area contributed by atoms with Crippen molar-refractivity contribution in [1.29, 1.82) is 0 Å². The molecule has 1 fully saturated rings. The van der Waals surface area contributed by atoms with Crippen LogP contribution in [0.4, 0.5) is 0 Å². The summed E-state index contributed by atoms with van der Waals surface area (Å²) in [4.78, 5) is 11.3. The average Bonchev–Trinajstić information content (AvgIpc) is 3.09. The van der Waals surface area contributed by atoms with Crippen molar-refractivity contribution in [3.63, 3.8) is 0 Å². The summed E-state index contributed by atoms with van der Waals surface area (Å²) in [5, 5.41) is 15.5. The molecule has 17 heavy (non-hydrogen) atoms. The third kappa shape index (κ3) is 7.31. The number of hydrogen-bond donors (Lipinski definition) is 3. The van der Waals surface area contributed by atoms with Crippen LogP contribution in [0.25, 0.3) is 0 Å². The lowest BCUT2D eigenvalue weighted by Gasteiger charge is -2.14. The molecule has 1 rings (SSSR count). The zero-order valence-corrected chi connectivity index (χ0v) is 10.7. The van der Waals surface area contributed by atoms with Gasteiger partial charge in [-0.3, -0.25) is 4.79 Å². The van der Waals surface area contributed by atoms with Gasteiger partial charge in [-0.05, 0) is 26.7 Å². The molecule has 1 aliphatic carbocycles. The van der Waals surface area contributed by atoms with Crippen LogP contribution in [-0.4, -0.2) is 49.5 Å². The maximum Gasteiger partial charge on any atom is 0.223 e. The molecular formula is C12H24N2O3. The first-order valence-electron chi connectivity index (χ1n) is 6.37. The smallest absolute Gasteiger partial charge is 0.223 e. The van der Waals surface area contributed by atoms with Crippen LogP contribution in [-0.2, 0) is 9.53 Å². The Kier molecular flexibility index (Phi) is 6.47. The van der Waals surface area contributed by atoms with Gasteiger partial charge in [-0.1, -0.05) is 0 Å². The second-order valence-electron chi connectivity index (χ2n) is 4.81. The fourth-order valence-electron chi connectivity index (χ4n) is 1.40. The molecule has 0 aromatic heterocycles. The first-order valence-corrected chi connectivity index (χ1v) is 6.37. The molecule has 5 nitrogen and oxygen atoms in total. The molecule has 0 heterocycles. The molecule has 0 saturated heterocycles. The van der Waals surface area contributed by atoms with Crippen molar-refractivity contribution in [3.05, 3.63) is 0 Å². The quantitative estimate of drug-likeness (QED) is 0.495. The number of aliphatic hydroxyl groups excluding tert-OH is 1. The van der Waals surface area contributed by atoms with Gasteiger partial charge in [-0.2, -0.15) is 0 Å². The fraction of sp³-hybridized carbons (Fsp3) is 0.917. The van der Waals surface area contributed by atoms with Gasteiger partial charge in [-0.25, -0.2) is 0 Å². The van der Waals surface area contributed by atoms with Gasteiger partial charge in [0.1, 0.15) is 0 Å². The van der Waals surface area contributed by atoms with Crippen LogP contribution in [0.1, 0.15) is 26.7 Å². The Morgan fingerprint density at radius 1 is 1.41 bits per heavy atom. The van der Waals surface area contributed by atoms with E-state index in [4.69, 9.17) is 4.74 Å². The molecule has 0 aromatic carbocycles. The first kappa shape index (κ1) is 14.4. The number of carbonyl (C=O) groups is 1. The highest BCUT2D eigenvalue weighted by molar-refractivity contribution is 5.80. The molecule has 1 atom stereocenters. The Hall–Kier alpha value is -0.650. The third-order valence-corrected chi connectivity index (χ3v) is 2.55. The molecule has 1 amide bonds.